The molecule has 166 valence electrons. The van der Waals surface area contributed by atoms with E-state index >= 15 is 0 Å². The summed E-state index contributed by atoms with van der Waals surface area (Å²) in [4.78, 5) is 10.6. The van der Waals surface area contributed by atoms with Gasteiger partial charge in [-0.1, -0.05) is 60.2 Å². The molecule has 0 unspecified atom stereocenters. The largest absolute Gasteiger partial charge is 0.492 e. The number of fused-ring (bicyclic) bond motifs is 1. The van der Waals surface area contributed by atoms with Crippen LogP contribution in [0.25, 0.3) is 4.96 Å². The summed E-state index contributed by atoms with van der Waals surface area (Å²) in [5.41, 5.74) is 2.94. The van der Waals surface area contributed by atoms with E-state index in [-0.39, 0.29) is 17.7 Å². The summed E-state index contributed by atoms with van der Waals surface area (Å²) in [6.07, 6.45) is 0.725. The number of hydrogen-bond donors (Lipinski definition) is 1. The quantitative estimate of drug-likeness (QED) is 0.487. The van der Waals surface area contributed by atoms with Crippen LogP contribution in [0.3, 0.4) is 0 Å². The van der Waals surface area contributed by atoms with Crippen molar-refractivity contribution in [3.63, 3.8) is 0 Å². The smallest absolute Gasteiger partial charge is 0.230 e. The van der Waals surface area contributed by atoms with Crippen molar-refractivity contribution in [2.45, 2.75) is 26.3 Å². The number of aromatic nitrogens is 3. The number of aryl methyl sites for hydroxylation is 2. The summed E-state index contributed by atoms with van der Waals surface area (Å²) in [7, 11) is 0. The Morgan fingerprint density at radius 3 is 2.56 bits per heavy atom. The Balaban J connectivity index is 1.49. The monoisotopic (exact) mass is 451 g/mol. The lowest BCUT2D eigenvalue weighted by atomic mass is 10.0. The molecule has 0 aliphatic carbocycles. The van der Waals surface area contributed by atoms with Gasteiger partial charge in [-0.05, 0) is 24.6 Å². The molecule has 0 spiro atoms. The predicted molar refractivity (Wildman–Crippen MR) is 125 cm³/mol. The molecule has 1 saturated heterocycles. The first-order valence-corrected chi connectivity index (χ1v) is 11.7. The lowest BCUT2D eigenvalue weighted by molar-refractivity contribution is 0.210. The topological polar surface area (TPSA) is 56.9 Å². The number of hydrogen-bond acceptors (Lipinski definition) is 6. The summed E-state index contributed by atoms with van der Waals surface area (Å²) < 4.78 is 15.9. The summed E-state index contributed by atoms with van der Waals surface area (Å²) in [6.45, 7) is 7.00. The first kappa shape index (κ1) is 20.9. The molecule has 5 rings (SSSR count). The third kappa shape index (κ3) is 3.73. The number of benzene rings is 2. The van der Waals surface area contributed by atoms with E-state index in [9.17, 15) is 9.50 Å². The van der Waals surface area contributed by atoms with Gasteiger partial charge in [0.05, 0.1) is 16.6 Å². The van der Waals surface area contributed by atoms with Crippen molar-refractivity contribution < 1.29 is 9.50 Å². The molecule has 0 radical (unpaired) electrons. The second kappa shape index (κ2) is 8.52. The summed E-state index contributed by atoms with van der Waals surface area (Å²) in [6, 6.07) is 15.2. The van der Waals surface area contributed by atoms with Crippen molar-refractivity contribution in [3.8, 4) is 5.88 Å². The van der Waals surface area contributed by atoms with Crippen LogP contribution in [-0.2, 0) is 6.42 Å². The molecule has 0 saturated carbocycles. The van der Waals surface area contributed by atoms with E-state index in [0.717, 1.165) is 35.8 Å². The molecule has 1 aliphatic heterocycles. The molecular weight excluding hydrogens is 425 g/mol. The molecule has 4 aromatic rings. The minimum Gasteiger partial charge on any atom is -0.492 e. The van der Waals surface area contributed by atoms with Gasteiger partial charge in [-0.25, -0.2) is 9.37 Å². The zero-order valence-corrected chi connectivity index (χ0v) is 19.0. The maximum Gasteiger partial charge on any atom is 0.230 e. The summed E-state index contributed by atoms with van der Waals surface area (Å²) in [5, 5.41) is 15.5. The predicted octanol–water partition coefficient (Wildman–Crippen LogP) is 4.42. The minimum absolute atomic E-state index is 0.115. The van der Waals surface area contributed by atoms with Crippen LogP contribution >= 0.6 is 11.3 Å². The van der Waals surface area contributed by atoms with Crippen molar-refractivity contribution in [3.05, 3.63) is 76.2 Å². The van der Waals surface area contributed by atoms with Gasteiger partial charge in [0.2, 0.25) is 10.8 Å². The zero-order valence-electron chi connectivity index (χ0n) is 18.2. The highest BCUT2D eigenvalue weighted by Gasteiger charge is 2.32. The van der Waals surface area contributed by atoms with E-state index in [1.807, 2.05) is 19.1 Å². The van der Waals surface area contributed by atoms with E-state index in [1.54, 1.807) is 10.6 Å². The standard InChI is InChI=1S/C24H26FN5OS/c1-3-20-26-24-30(27-20)23(31)22(32-24)21(17-8-6-7-16(2)15-17)29-13-11-28(12-14-29)19-10-5-4-9-18(19)25/h4-10,15,21,31H,3,11-14H2,1-2H3/t21-/m0/s1. The van der Waals surface area contributed by atoms with Crippen LogP contribution in [0.2, 0.25) is 0 Å². The zero-order chi connectivity index (χ0) is 22.2. The number of anilines is 1. The van der Waals surface area contributed by atoms with Crippen LogP contribution in [-0.4, -0.2) is 50.8 Å². The van der Waals surface area contributed by atoms with Crippen molar-refractivity contribution in [1.29, 1.82) is 0 Å². The number of aromatic hydroxyl groups is 1. The Hall–Kier alpha value is -2.97. The lowest BCUT2D eigenvalue weighted by Crippen LogP contribution is -2.48. The van der Waals surface area contributed by atoms with Crippen LogP contribution in [0.1, 0.15) is 34.8 Å². The van der Waals surface area contributed by atoms with E-state index < -0.39 is 0 Å². The second-order valence-corrected chi connectivity index (χ2v) is 9.17. The van der Waals surface area contributed by atoms with Gasteiger partial charge in [0.15, 0.2) is 5.82 Å². The highest BCUT2D eigenvalue weighted by Crippen LogP contribution is 2.40. The number of rotatable bonds is 5. The molecule has 1 fully saturated rings. The van der Waals surface area contributed by atoms with Crippen LogP contribution in [0.15, 0.2) is 48.5 Å². The Morgan fingerprint density at radius 1 is 1.09 bits per heavy atom. The molecule has 0 amide bonds. The fourth-order valence-corrected chi connectivity index (χ4v) is 5.55. The number of nitrogens with zero attached hydrogens (tertiary/aromatic N) is 5. The van der Waals surface area contributed by atoms with Gasteiger partial charge in [0, 0.05) is 32.6 Å². The van der Waals surface area contributed by atoms with Crippen molar-refractivity contribution in [1.82, 2.24) is 19.5 Å². The van der Waals surface area contributed by atoms with Crippen molar-refractivity contribution >= 4 is 22.0 Å². The fraction of sp³-hybridized carbons (Fsp3) is 0.333. The van der Waals surface area contributed by atoms with Gasteiger partial charge in [-0.2, -0.15) is 4.52 Å². The average Bonchev–Trinajstić information content (AvgIpc) is 3.34. The van der Waals surface area contributed by atoms with Gasteiger partial charge in [-0.15, -0.1) is 5.10 Å². The van der Waals surface area contributed by atoms with E-state index in [0.29, 0.717) is 23.7 Å². The number of halogens is 1. The SMILES string of the molecule is CCc1nc2sc([C@H](c3cccc(C)c3)N3CCN(c4ccccc4F)CC3)c(O)n2n1. The molecule has 0 bridgehead atoms. The first-order valence-electron chi connectivity index (χ1n) is 10.9. The van der Waals surface area contributed by atoms with Gasteiger partial charge < -0.3 is 10.0 Å². The lowest BCUT2D eigenvalue weighted by Gasteiger charge is -2.40. The first-order chi connectivity index (χ1) is 15.5. The molecule has 32 heavy (non-hydrogen) atoms. The van der Waals surface area contributed by atoms with Crippen molar-refractivity contribution in [2.75, 3.05) is 31.1 Å². The Labute approximate surface area is 190 Å². The third-order valence-electron chi connectivity index (χ3n) is 6.04. The molecule has 3 heterocycles. The fourth-order valence-electron chi connectivity index (χ4n) is 4.42. The highest BCUT2D eigenvalue weighted by atomic mass is 32.1. The number of thiazole rings is 1. The van der Waals surface area contributed by atoms with Crippen LogP contribution in [0, 0.1) is 12.7 Å². The highest BCUT2D eigenvalue weighted by molar-refractivity contribution is 7.17. The molecule has 1 atom stereocenters. The normalized spacial score (nSPS) is 16.0. The summed E-state index contributed by atoms with van der Waals surface area (Å²) in [5.74, 6) is 0.690. The maximum atomic E-state index is 14.3. The van der Waals surface area contributed by atoms with Crippen molar-refractivity contribution in [2.24, 2.45) is 0 Å². The molecule has 1 N–H and O–H groups in total. The minimum atomic E-state index is -0.189. The summed E-state index contributed by atoms with van der Waals surface area (Å²) >= 11 is 1.49. The number of piperazine rings is 1. The molecular formula is C24H26FN5OS. The second-order valence-electron chi connectivity index (χ2n) is 8.16. The molecule has 2 aromatic heterocycles. The molecule has 1 aliphatic rings. The van der Waals surface area contributed by atoms with Crippen LogP contribution in [0.5, 0.6) is 5.88 Å². The van der Waals surface area contributed by atoms with Gasteiger partial charge in [-0.3, -0.25) is 4.90 Å². The van der Waals surface area contributed by atoms with E-state index in [1.165, 1.54) is 23.0 Å². The van der Waals surface area contributed by atoms with E-state index in [2.05, 4.69) is 51.1 Å². The maximum absolute atomic E-state index is 14.3. The molecule has 8 heteroatoms. The van der Waals surface area contributed by atoms with Gasteiger partial charge in [0.1, 0.15) is 5.82 Å². The number of para-hydroxylation sites is 1. The van der Waals surface area contributed by atoms with Crippen LogP contribution < -0.4 is 4.90 Å². The van der Waals surface area contributed by atoms with Crippen LogP contribution in [0.4, 0.5) is 10.1 Å². The van der Waals surface area contributed by atoms with Gasteiger partial charge in [0.25, 0.3) is 0 Å². The third-order valence-corrected chi connectivity index (χ3v) is 7.11. The van der Waals surface area contributed by atoms with Gasteiger partial charge >= 0.3 is 0 Å². The van der Waals surface area contributed by atoms with E-state index in [4.69, 9.17) is 0 Å². The Bertz CT molecular complexity index is 1240. The Morgan fingerprint density at radius 2 is 1.88 bits per heavy atom. The Kier molecular flexibility index (Phi) is 5.57. The average molecular weight is 452 g/mol. The molecule has 6 nitrogen and oxygen atoms in total. The molecule has 2 aromatic carbocycles.